The number of rotatable bonds is 1. The Hall–Kier alpha value is -1.42. The fourth-order valence-corrected chi connectivity index (χ4v) is 1.69. The highest BCUT2D eigenvalue weighted by Gasteiger charge is 2.17. The summed E-state index contributed by atoms with van der Waals surface area (Å²) in [5, 5.41) is 3.03. The third kappa shape index (κ3) is 2.33. The van der Waals surface area contributed by atoms with E-state index in [-0.39, 0.29) is 11.7 Å². The van der Waals surface area contributed by atoms with Gasteiger partial charge in [-0.3, -0.25) is 4.79 Å². The molecule has 0 spiro atoms. The average Bonchev–Trinajstić information content (AvgIpc) is 2.43. The molecule has 3 nitrogen and oxygen atoms in total. The molecular formula is C11H13FN2O. The molecule has 1 fully saturated rings. The van der Waals surface area contributed by atoms with Crippen LogP contribution in [-0.4, -0.2) is 25.5 Å². The van der Waals surface area contributed by atoms with Gasteiger partial charge in [-0.05, 0) is 31.2 Å². The number of nitrogens with one attached hydrogen (secondary N) is 1. The Morgan fingerprint density at radius 2 is 2.27 bits per heavy atom. The van der Waals surface area contributed by atoms with Crippen LogP contribution in [-0.2, 0) is 4.79 Å². The van der Waals surface area contributed by atoms with Crippen LogP contribution < -0.4 is 10.2 Å². The third-order valence-corrected chi connectivity index (χ3v) is 2.43. The van der Waals surface area contributed by atoms with Crippen molar-refractivity contribution in [2.75, 3.05) is 24.5 Å². The third-order valence-electron chi connectivity index (χ3n) is 2.43. The van der Waals surface area contributed by atoms with Crippen LogP contribution in [0.3, 0.4) is 0 Å². The lowest BCUT2D eigenvalue weighted by Crippen LogP contribution is -2.34. The molecular weight excluding hydrogens is 195 g/mol. The SMILES string of the molecule is O=C1CNCCCN1c1cccc(F)c1. The molecule has 2 rings (SSSR count). The highest BCUT2D eigenvalue weighted by molar-refractivity contribution is 5.94. The number of amides is 1. The Balaban J connectivity index is 2.24. The minimum atomic E-state index is -0.308. The van der Waals surface area contributed by atoms with E-state index in [1.54, 1.807) is 17.0 Å². The molecule has 1 saturated heterocycles. The molecule has 0 bridgehead atoms. The molecule has 0 atom stereocenters. The van der Waals surface area contributed by atoms with Gasteiger partial charge in [0, 0.05) is 12.2 Å². The molecule has 0 radical (unpaired) electrons. The first-order valence-corrected chi connectivity index (χ1v) is 5.04. The van der Waals surface area contributed by atoms with Crippen LogP contribution >= 0.6 is 0 Å². The van der Waals surface area contributed by atoms with Crippen LogP contribution in [0.2, 0.25) is 0 Å². The number of anilines is 1. The van der Waals surface area contributed by atoms with Gasteiger partial charge in [0.05, 0.1) is 6.54 Å². The summed E-state index contributed by atoms with van der Waals surface area (Å²) in [5.41, 5.74) is 0.642. The second kappa shape index (κ2) is 4.40. The Labute approximate surface area is 87.9 Å². The molecule has 1 aliphatic heterocycles. The Kier molecular flexibility index (Phi) is 2.97. The molecule has 1 heterocycles. The molecule has 1 N–H and O–H groups in total. The molecule has 0 aromatic heterocycles. The summed E-state index contributed by atoms with van der Waals surface area (Å²) in [6.45, 7) is 1.81. The maximum atomic E-state index is 13.0. The molecule has 15 heavy (non-hydrogen) atoms. The molecule has 1 aliphatic rings. The zero-order valence-corrected chi connectivity index (χ0v) is 8.37. The maximum Gasteiger partial charge on any atom is 0.240 e. The molecule has 0 saturated carbocycles. The predicted molar refractivity (Wildman–Crippen MR) is 56.2 cm³/mol. The summed E-state index contributed by atoms with van der Waals surface area (Å²) in [6, 6.07) is 6.15. The van der Waals surface area contributed by atoms with Gasteiger partial charge < -0.3 is 10.2 Å². The van der Waals surface area contributed by atoms with Gasteiger partial charge in [-0.1, -0.05) is 6.07 Å². The normalized spacial score (nSPS) is 17.7. The fourth-order valence-electron chi connectivity index (χ4n) is 1.69. The van der Waals surface area contributed by atoms with E-state index in [0.717, 1.165) is 13.0 Å². The first-order valence-electron chi connectivity index (χ1n) is 5.04. The van der Waals surface area contributed by atoms with Crippen molar-refractivity contribution in [1.82, 2.24) is 5.32 Å². The largest absolute Gasteiger partial charge is 0.311 e. The van der Waals surface area contributed by atoms with Crippen LogP contribution in [0.4, 0.5) is 10.1 Å². The van der Waals surface area contributed by atoms with E-state index in [9.17, 15) is 9.18 Å². The smallest absolute Gasteiger partial charge is 0.240 e. The van der Waals surface area contributed by atoms with Gasteiger partial charge in [0.25, 0.3) is 0 Å². The average molecular weight is 208 g/mol. The quantitative estimate of drug-likeness (QED) is 0.751. The molecule has 1 amide bonds. The van der Waals surface area contributed by atoms with E-state index < -0.39 is 0 Å². The second-order valence-electron chi connectivity index (χ2n) is 3.56. The van der Waals surface area contributed by atoms with Gasteiger partial charge >= 0.3 is 0 Å². The first kappa shape index (κ1) is 10.1. The number of nitrogens with zero attached hydrogens (tertiary/aromatic N) is 1. The zero-order chi connectivity index (χ0) is 10.7. The second-order valence-corrected chi connectivity index (χ2v) is 3.56. The number of carbonyl (C=O) groups excluding carboxylic acids is 1. The summed E-state index contributed by atoms with van der Waals surface area (Å²) >= 11 is 0. The summed E-state index contributed by atoms with van der Waals surface area (Å²) in [6.07, 6.45) is 0.891. The van der Waals surface area contributed by atoms with Crippen LogP contribution in [0, 0.1) is 5.82 Å². The molecule has 1 aromatic rings. The van der Waals surface area contributed by atoms with Gasteiger partial charge in [0.15, 0.2) is 0 Å². The van der Waals surface area contributed by atoms with Gasteiger partial charge in [-0.2, -0.15) is 0 Å². The van der Waals surface area contributed by atoms with E-state index in [0.29, 0.717) is 18.8 Å². The van der Waals surface area contributed by atoms with Crippen LogP contribution in [0.25, 0.3) is 0 Å². The fraction of sp³-hybridized carbons (Fsp3) is 0.364. The maximum absolute atomic E-state index is 13.0. The monoisotopic (exact) mass is 208 g/mol. The summed E-state index contributed by atoms with van der Waals surface area (Å²) < 4.78 is 13.0. The molecule has 0 unspecified atom stereocenters. The van der Waals surface area contributed by atoms with Crippen molar-refractivity contribution < 1.29 is 9.18 Å². The number of carbonyl (C=O) groups is 1. The van der Waals surface area contributed by atoms with Crippen LogP contribution in [0.15, 0.2) is 24.3 Å². The highest BCUT2D eigenvalue weighted by atomic mass is 19.1. The topological polar surface area (TPSA) is 32.3 Å². The molecule has 4 heteroatoms. The highest BCUT2D eigenvalue weighted by Crippen LogP contribution is 2.16. The van der Waals surface area contributed by atoms with Crippen molar-refractivity contribution in [3.63, 3.8) is 0 Å². The minimum Gasteiger partial charge on any atom is -0.311 e. The van der Waals surface area contributed by atoms with Crippen molar-refractivity contribution >= 4 is 11.6 Å². The minimum absolute atomic E-state index is 0.00176. The molecule has 0 aliphatic carbocycles. The number of hydrogen-bond acceptors (Lipinski definition) is 2. The molecule has 80 valence electrons. The van der Waals surface area contributed by atoms with Crippen molar-refractivity contribution in [2.24, 2.45) is 0 Å². The van der Waals surface area contributed by atoms with E-state index in [1.807, 2.05) is 0 Å². The summed E-state index contributed by atoms with van der Waals surface area (Å²) in [7, 11) is 0. The number of hydrogen-bond donors (Lipinski definition) is 1. The number of halogens is 1. The van der Waals surface area contributed by atoms with Crippen LogP contribution in [0.1, 0.15) is 6.42 Å². The standard InChI is InChI=1S/C11H13FN2O/c12-9-3-1-4-10(7-9)14-6-2-5-13-8-11(14)15/h1,3-4,7,13H,2,5-6,8H2. The van der Waals surface area contributed by atoms with E-state index in [4.69, 9.17) is 0 Å². The Morgan fingerprint density at radius 1 is 1.40 bits per heavy atom. The Morgan fingerprint density at radius 3 is 3.07 bits per heavy atom. The molecule has 1 aromatic carbocycles. The first-order chi connectivity index (χ1) is 7.27. The van der Waals surface area contributed by atoms with Crippen molar-refractivity contribution in [1.29, 1.82) is 0 Å². The van der Waals surface area contributed by atoms with Gasteiger partial charge in [-0.25, -0.2) is 4.39 Å². The lowest BCUT2D eigenvalue weighted by molar-refractivity contribution is -0.117. The number of benzene rings is 1. The van der Waals surface area contributed by atoms with E-state index >= 15 is 0 Å². The van der Waals surface area contributed by atoms with Gasteiger partial charge in [0.1, 0.15) is 5.82 Å². The Bertz CT molecular complexity index is 367. The van der Waals surface area contributed by atoms with Crippen molar-refractivity contribution in [3.05, 3.63) is 30.1 Å². The van der Waals surface area contributed by atoms with Crippen LogP contribution in [0.5, 0.6) is 0 Å². The van der Waals surface area contributed by atoms with Gasteiger partial charge in [-0.15, -0.1) is 0 Å². The lowest BCUT2D eigenvalue weighted by Gasteiger charge is -2.20. The summed E-state index contributed by atoms with van der Waals surface area (Å²) in [5.74, 6) is -0.310. The lowest BCUT2D eigenvalue weighted by atomic mass is 10.2. The van der Waals surface area contributed by atoms with E-state index in [2.05, 4.69) is 5.32 Å². The van der Waals surface area contributed by atoms with Crippen molar-refractivity contribution in [3.8, 4) is 0 Å². The van der Waals surface area contributed by atoms with E-state index in [1.165, 1.54) is 12.1 Å². The predicted octanol–water partition coefficient (Wildman–Crippen LogP) is 1.15. The summed E-state index contributed by atoms with van der Waals surface area (Å²) in [4.78, 5) is 13.3. The zero-order valence-electron chi connectivity index (χ0n) is 8.37. The van der Waals surface area contributed by atoms with Gasteiger partial charge in [0.2, 0.25) is 5.91 Å². The van der Waals surface area contributed by atoms with Crippen molar-refractivity contribution in [2.45, 2.75) is 6.42 Å².